The molecule has 1 fully saturated rings. The van der Waals surface area contributed by atoms with Gasteiger partial charge in [0.1, 0.15) is 0 Å². The lowest BCUT2D eigenvalue weighted by Crippen LogP contribution is -2.51. The molecule has 0 aromatic carbocycles. The second-order valence-corrected chi connectivity index (χ2v) is 6.63. The second kappa shape index (κ2) is 6.93. The van der Waals surface area contributed by atoms with E-state index in [9.17, 15) is 19.1 Å². The minimum atomic E-state index is -1.13. The molecule has 0 saturated carbocycles. The van der Waals surface area contributed by atoms with Crippen LogP contribution in [0.4, 0.5) is 9.18 Å². The summed E-state index contributed by atoms with van der Waals surface area (Å²) in [5.41, 5.74) is -0.331. The number of nitrogens with zero attached hydrogens (tertiary/aromatic N) is 2. The van der Waals surface area contributed by atoms with Crippen molar-refractivity contribution < 1.29 is 24.2 Å². The van der Waals surface area contributed by atoms with Crippen LogP contribution in [0.2, 0.25) is 5.15 Å². The van der Waals surface area contributed by atoms with Crippen molar-refractivity contribution >= 4 is 23.7 Å². The Hall–Kier alpha value is -1.89. The van der Waals surface area contributed by atoms with Crippen molar-refractivity contribution in [2.24, 2.45) is 5.41 Å². The summed E-state index contributed by atoms with van der Waals surface area (Å²) in [5, 5.41) is 18.6. The summed E-state index contributed by atoms with van der Waals surface area (Å²) in [6.07, 6.45) is -0.195. The fourth-order valence-corrected chi connectivity index (χ4v) is 3.58. The van der Waals surface area contributed by atoms with Crippen LogP contribution in [0.25, 0.3) is 0 Å². The van der Waals surface area contributed by atoms with Crippen molar-refractivity contribution in [1.82, 2.24) is 9.88 Å². The summed E-state index contributed by atoms with van der Waals surface area (Å²) in [6.45, 7) is 3.60. The number of rotatable bonds is 4. The van der Waals surface area contributed by atoms with E-state index in [-0.39, 0.29) is 31.0 Å². The third-order valence-corrected chi connectivity index (χ3v) is 4.95. The van der Waals surface area contributed by atoms with Crippen LogP contribution in [0.15, 0.2) is 6.07 Å². The Morgan fingerprint density at radius 3 is 2.67 bits per heavy atom. The van der Waals surface area contributed by atoms with E-state index in [1.54, 1.807) is 19.9 Å². The molecule has 1 amide bonds. The Morgan fingerprint density at radius 1 is 1.50 bits per heavy atom. The van der Waals surface area contributed by atoms with E-state index in [4.69, 9.17) is 16.7 Å². The fourth-order valence-electron chi connectivity index (χ4n) is 3.35. The first-order valence-corrected chi connectivity index (χ1v) is 8.14. The highest BCUT2D eigenvalue weighted by Gasteiger charge is 2.46. The first kappa shape index (κ1) is 18.4. The smallest absolute Gasteiger partial charge is 0.407 e. The molecule has 1 saturated heterocycles. The van der Waals surface area contributed by atoms with Crippen molar-refractivity contribution in [1.29, 1.82) is 0 Å². The van der Waals surface area contributed by atoms with Crippen molar-refractivity contribution in [3.05, 3.63) is 28.3 Å². The summed E-state index contributed by atoms with van der Waals surface area (Å²) < 4.78 is 13.8. The molecule has 6 nitrogen and oxygen atoms in total. The number of likely N-dealkylation sites (tertiary alicyclic amines) is 1. The highest BCUT2D eigenvalue weighted by molar-refractivity contribution is 6.29. The topological polar surface area (TPSA) is 90.7 Å². The van der Waals surface area contributed by atoms with Crippen LogP contribution in [0.5, 0.6) is 0 Å². The number of carboxylic acid groups (broad SMARTS) is 2. The number of hydrogen-bond acceptors (Lipinski definition) is 3. The van der Waals surface area contributed by atoms with E-state index in [2.05, 4.69) is 4.98 Å². The number of carboxylic acids is 1. The summed E-state index contributed by atoms with van der Waals surface area (Å²) >= 11 is 5.81. The molecule has 0 aliphatic carbocycles. The molecule has 2 N–H and O–H groups in total. The van der Waals surface area contributed by atoms with Gasteiger partial charge >= 0.3 is 12.1 Å². The maximum atomic E-state index is 13.8. The zero-order valence-electron chi connectivity index (χ0n) is 13.6. The van der Waals surface area contributed by atoms with Crippen LogP contribution in [0.1, 0.15) is 37.9 Å². The first-order valence-electron chi connectivity index (χ1n) is 7.77. The van der Waals surface area contributed by atoms with Crippen LogP contribution in [-0.4, -0.2) is 44.7 Å². The normalized spacial score (nSPS) is 24.0. The second-order valence-electron chi connectivity index (χ2n) is 6.27. The van der Waals surface area contributed by atoms with E-state index in [0.717, 1.165) is 0 Å². The summed E-state index contributed by atoms with van der Waals surface area (Å²) in [6, 6.07) is 1.12. The van der Waals surface area contributed by atoms with E-state index in [1.807, 2.05) is 0 Å². The van der Waals surface area contributed by atoms with Gasteiger partial charge in [0.05, 0.1) is 5.41 Å². The van der Waals surface area contributed by atoms with Crippen molar-refractivity contribution in [3.8, 4) is 0 Å². The van der Waals surface area contributed by atoms with Gasteiger partial charge in [0.15, 0.2) is 11.0 Å². The quantitative estimate of drug-likeness (QED) is 0.806. The Balaban J connectivity index is 2.32. The van der Waals surface area contributed by atoms with E-state index < -0.39 is 29.3 Å². The number of aryl methyl sites for hydroxylation is 1. The van der Waals surface area contributed by atoms with Crippen LogP contribution >= 0.6 is 11.6 Å². The Morgan fingerprint density at radius 2 is 2.17 bits per heavy atom. The van der Waals surface area contributed by atoms with Gasteiger partial charge in [-0.3, -0.25) is 4.79 Å². The molecule has 0 radical (unpaired) electrons. The van der Waals surface area contributed by atoms with Gasteiger partial charge in [-0.2, -0.15) is 0 Å². The Kier molecular flexibility index (Phi) is 5.32. The maximum Gasteiger partial charge on any atom is 0.407 e. The maximum absolute atomic E-state index is 13.8. The molecule has 2 heterocycles. The molecule has 1 aromatic heterocycles. The predicted octanol–water partition coefficient (Wildman–Crippen LogP) is 3.21. The van der Waals surface area contributed by atoms with Crippen molar-refractivity contribution in [2.45, 2.75) is 45.6 Å². The van der Waals surface area contributed by atoms with E-state index in [0.29, 0.717) is 17.7 Å². The first-order chi connectivity index (χ1) is 11.2. The number of pyridine rings is 1. The van der Waals surface area contributed by atoms with Crippen LogP contribution < -0.4 is 0 Å². The average Bonchev–Trinajstić information content (AvgIpc) is 2.50. The molecule has 1 aliphatic rings. The van der Waals surface area contributed by atoms with Crippen molar-refractivity contribution in [3.63, 3.8) is 0 Å². The number of amides is 1. The lowest BCUT2D eigenvalue weighted by atomic mass is 9.72. The standard InChI is InChI=1S/C16H20ClFN2O4/c1-3-10-6-11(19-13(17)12(10)18)8-16(14(21)22)4-5-20(15(23)24)9(2)7-16/h6,9H,3-5,7-8H2,1-2H3,(H,21,22)(H,23,24). The molecule has 24 heavy (non-hydrogen) atoms. The molecule has 1 aliphatic heterocycles. The molecular weight excluding hydrogens is 339 g/mol. The van der Waals surface area contributed by atoms with E-state index >= 15 is 0 Å². The number of aliphatic carboxylic acids is 1. The van der Waals surface area contributed by atoms with Gasteiger partial charge in [-0.1, -0.05) is 18.5 Å². The average molecular weight is 359 g/mol. The van der Waals surface area contributed by atoms with Gasteiger partial charge < -0.3 is 15.1 Å². The molecule has 2 rings (SSSR count). The van der Waals surface area contributed by atoms with E-state index in [1.165, 1.54) is 4.90 Å². The monoisotopic (exact) mass is 358 g/mol. The zero-order chi connectivity index (χ0) is 18.1. The number of piperidine rings is 1. The Labute approximate surface area is 144 Å². The Bertz CT molecular complexity index is 670. The lowest BCUT2D eigenvalue weighted by Gasteiger charge is -2.41. The predicted molar refractivity (Wildman–Crippen MR) is 85.8 cm³/mol. The van der Waals surface area contributed by atoms with Gasteiger partial charge in [0.25, 0.3) is 0 Å². The minimum absolute atomic E-state index is 0.0904. The zero-order valence-corrected chi connectivity index (χ0v) is 14.3. The van der Waals surface area contributed by atoms with Gasteiger partial charge in [-0.25, -0.2) is 14.2 Å². The minimum Gasteiger partial charge on any atom is -0.481 e. The van der Waals surface area contributed by atoms with Crippen molar-refractivity contribution in [2.75, 3.05) is 6.54 Å². The molecular formula is C16H20ClFN2O4. The van der Waals surface area contributed by atoms with Gasteiger partial charge in [0, 0.05) is 24.7 Å². The van der Waals surface area contributed by atoms with Gasteiger partial charge in [-0.15, -0.1) is 0 Å². The number of carbonyl (C=O) groups is 2. The highest BCUT2D eigenvalue weighted by atomic mass is 35.5. The molecule has 0 bridgehead atoms. The fraction of sp³-hybridized carbons (Fsp3) is 0.562. The van der Waals surface area contributed by atoms with Gasteiger partial charge in [-0.05, 0) is 37.8 Å². The summed E-state index contributed by atoms with van der Waals surface area (Å²) in [5.74, 6) is -1.58. The number of halogens is 2. The number of hydrogen-bond donors (Lipinski definition) is 2. The SMILES string of the molecule is CCc1cc(CC2(C(=O)O)CCN(C(=O)O)C(C)C2)nc(Cl)c1F. The summed E-state index contributed by atoms with van der Waals surface area (Å²) in [7, 11) is 0. The van der Waals surface area contributed by atoms with Crippen LogP contribution in [0, 0.1) is 11.2 Å². The molecule has 132 valence electrons. The molecule has 2 unspecified atom stereocenters. The van der Waals surface area contributed by atoms with Gasteiger partial charge in [0.2, 0.25) is 0 Å². The van der Waals surface area contributed by atoms with Crippen LogP contribution in [0.3, 0.4) is 0 Å². The third kappa shape index (κ3) is 3.45. The van der Waals surface area contributed by atoms with Crippen LogP contribution in [-0.2, 0) is 17.6 Å². The molecule has 1 aromatic rings. The largest absolute Gasteiger partial charge is 0.481 e. The molecule has 8 heteroatoms. The highest BCUT2D eigenvalue weighted by Crippen LogP contribution is 2.38. The molecule has 2 atom stereocenters. The third-order valence-electron chi connectivity index (χ3n) is 4.69. The molecule has 0 spiro atoms. The summed E-state index contributed by atoms with van der Waals surface area (Å²) in [4.78, 5) is 28.3. The number of aromatic nitrogens is 1. The lowest BCUT2D eigenvalue weighted by molar-refractivity contribution is -0.153.